The SMILES string of the molecule is Cc1csc(NN=Cc2cccc3cn(C)nc23)n1. The van der Waals surface area contributed by atoms with E-state index in [1.54, 1.807) is 10.9 Å². The molecule has 0 saturated carbocycles. The highest BCUT2D eigenvalue weighted by molar-refractivity contribution is 7.13. The van der Waals surface area contributed by atoms with E-state index in [9.17, 15) is 0 Å². The molecule has 0 radical (unpaired) electrons. The molecule has 0 bridgehead atoms. The number of aryl methyl sites for hydroxylation is 2. The fourth-order valence-corrected chi connectivity index (χ4v) is 2.49. The van der Waals surface area contributed by atoms with Crippen LogP contribution >= 0.6 is 11.3 Å². The smallest absolute Gasteiger partial charge is 0.203 e. The van der Waals surface area contributed by atoms with Gasteiger partial charge in [-0.3, -0.25) is 10.1 Å². The van der Waals surface area contributed by atoms with E-state index in [0.717, 1.165) is 27.3 Å². The molecule has 0 atom stereocenters. The lowest BCUT2D eigenvalue weighted by atomic mass is 10.2. The number of rotatable bonds is 3. The van der Waals surface area contributed by atoms with Gasteiger partial charge in [-0.2, -0.15) is 10.2 Å². The van der Waals surface area contributed by atoms with Gasteiger partial charge in [0.15, 0.2) is 0 Å². The van der Waals surface area contributed by atoms with Crippen LogP contribution in [0.4, 0.5) is 5.13 Å². The highest BCUT2D eigenvalue weighted by atomic mass is 32.1. The molecule has 6 heteroatoms. The lowest BCUT2D eigenvalue weighted by Crippen LogP contribution is -1.92. The number of anilines is 1. The number of fused-ring (bicyclic) bond motifs is 1. The predicted octanol–water partition coefficient (Wildman–Crippen LogP) is 2.78. The third-order valence-electron chi connectivity index (χ3n) is 2.66. The first kappa shape index (κ1) is 11.9. The van der Waals surface area contributed by atoms with Crippen LogP contribution in [0.1, 0.15) is 11.3 Å². The molecule has 19 heavy (non-hydrogen) atoms. The number of hydrogen-bond donors (Lipinski definition) is 1. The molecule has 0 aliphatic rings. The average molecular weight is 271 g/mol. The highest BCUT2D eigenvalue weighted by Crippen LogP contribution is 2.16. The molecule has 0 unspecified atom stereocenters. The summed E-state index contributed by atoms with van der Waals surface area (Å²) in [5.41, 5.74) is 5.86. The van der Waals surface area contributed by atoms with Gasteiger partial charge in [-0.05, 0) is 6.92 Å². The van der Waals surface area contributed by atoms with E-state index >= 15 is 0 Å². The summed E-state index contributed by atoms with van der Waals surface area (Å²) >= 11 is 1.54. The summed E-state index contributed by atoms with van der Waals surface area (Å²) in [5.74, 6) is 0. The van der Waals surface area contributed by atoms with E-state index in [0.29, 0.717) is 0 Å². The molecule has 5 nitrogen and oxygen atoms in total. The molecule has 1 N–H and O–H groups in total. The maximum absolute atomic E-state index is 4.43. The minimum atomic E-state index is 0.793. The Morgan fingerprint density at radius 1 is 1.42 bits per heavy atom. The minimum Gasteiger partial charge on any atom is -0.275 e. The van der Waals surface area contributed by atoms with Gasteiger partial charge in [0.2, 0.25) is 5.13 Å². The molecule has 0 spiro atoms. The predicted molar refractivity (Wildman–Crippen MR) is 78.8 cm³/mol. The van der Waals surface area contributed by atoms with E-state index in [1.807, 2.05) is 43.7 Å². The molecule has 0 aliphatic carbocycles. The second-order valence-corrected chi connectivity index (χ2v) is 5.11. The van der Waals surface area contributed by atoms with Crippen LogP contribution in [0.25, 0.3) is 10.9 Å². The highest BCUT2D eigenvalue weighted by Gasteiger charge is 2.02. The fraction of sp³-hybridized carbons (Fsp3) is 0.154. The van der Waals surface area contributed by atoms with Gasteiger partial charge in [0.25, 0.3) is 0 Å². The Morgan fingerprint density at radius 3 is 3.11 bits per heavy atom. The van der Waals surface area contributed by atoms with Gasteiger partial charge >= 0.3 is 0 Å². The number of nitrogens with one attached hydrogen (secondary N) is 1. The van der Waals surface area contributed by atoms with Gasteiger partial charge < -0.3 is 0 Å². The quantitative estimate of drug-likeness (QED) is 0.588. The Bertz CT molecular complexity index is 740. The molecular formula is C13H13N5S. The zero-order chi connectivity index (χ0) is 13.2. The largest absolute Gasteiger partial charge is 0.275 e. The number of hydrazone groups is 1. The Kier molecular flexibility index (Phi) is 3.00. The third kappa shape index (κ3) is 2.48. The zero-order valence-electron chi connectivity index (χ0n) is 10.7. The second-order valence-electron chi connectivity index (χ2n) is 4.25. The summed E-state index contributed by atoms with van der Waals surface area (Å²) in [6, 6.07) is 6.03. The maximum atomic E-state index is 4.43. The molecule has 96 valence electrons. The summed E-state index contributed by atoms with van der Waals surface area (Å²) in [5, 5.41) is 12.5. The van der Waals surface area contributed by atoms with Crippen LogP contribution in [-0.2, 0) is 7.05 Å². The summed E-state index contributed by atoms with van der Waals surface area (Å²) in [6.45, 7) is 1.96. The van der Waals surface area contributed by atoms with Crippen molar-refractivity contribution in [3.8, 4) is 0 Å². The zero-order valence-corrected chi connectivity index (χ0v) is 11.5. The lowest BCUT2D eigenvalue weighted by molar-refractivity contribution is 0.779. The van der Waals surface area contributed by atoms with Crippen LogP contribution in [-0.4, -0.2) is 21.0 Å². The molecule has 2 heterocycles. The van der Waals surface area contributed by atoms with E-state index in [4.69, 9.17) is 0 Å². The van der Waals surface area contributed by atoms with Gasteiger partial charge in [-0.15, -0.1) is 11.3 Å². The van der Waals surface area contributed by atoms with Crippen molar-refractivity contribution in [1.29, 1.82) is 0 Å². The number of aromatic nitrogens is 3. The Hall–Kier alpha value is -2.21. The Balaban J connectivity index is 1.84. The standard InChI is InChI=1S/C13H13N5S/c1-9-8-19-13(15-9)16-14-6-10-4-3-5-11-7-18(2)17-12(10)11/h3-8H,1-2H3,(H,15,16). The molecule has 0 amide bonds. The third-order valence-corrected chi connectivity index (χ3v) is 3.53. The maximum Gasteiger partial charge on any atom is 0.203 e. The fourth-order valence-electron chi connectivity index (χ4n) is 1.85. The summed E-state index contributed by atoms with van der Waals surface area (Å²) in [4.78, 5) is 4.28. The van der Waals surface area contributed by atoms with E-state index in [1.165, 1.54) is 11.3 Å². The summed E-state index contributed by atoms with van der Waals surface area (Å²) in [6.07, 6.45) is 3.76. The van der Waals surface area contributed by atoms with Crippen molar-refractivity contribution in [2.24, 2.45) is 12.1 Å². The van der Waals surface area contributed by atoms with Crippen LogP contribution in [0.15, 0.2) is 34.9 Å². The summed E-state index contributed by atoms with van der Waals surface area (Å²) < 4.78 is 1.81. The van der Waals surface area contributed by atoms with Crippen molar-refractivity contribution in [3.05, 3.63) is 41.0 Å². The molecule has 0 fully saturated rings. The minimum absolute atomic E-state index is 0.793. The van der Waals surface area contributed by atoms with Crippen LogP contribution in [0, 0.1) is 6.92 Å². The number of hydrogen-bond acceptors (Lipinski definition) is 5. The molecule has 0 aliphatic heterocycles. The topological polar surface area (TPSA) is 55.1 Å². The Labute approximate surface area is 114 Å². The molecule has 3 aromatic rings. The number of benzene rings is 1. The van der Waals surface area contributed by atoms with Crippen molar-refractivity contribution in [1.82, 2.24) is 14.8 Å². The van der Waals surface area contributed by atoms with E-state index in [-0.39, 0.29) is 0 Å². The second kappa shape index (κ2) is 4.81. The Morgan fingerprint density at radius 2 is 2.32 bits per heavy atom. The van der Waals surface area contributed by atoms with Gasteiger partial charge in [0.1, 0.15) is 5.52 Å². The molecule has 2 aromatic heterocycles. The van der Waals surface area contributed by atoms with Crippen molar-refractivity contribution in [3.63, 3.8) is 0 Å². The van der Waals surface area contributed by atoms with Gasteiger partial charge in [0, 0.05) is 29.6 Å². The summed E-state index contributed by atoms with van der Waals surface area (Å²) in [7, 11) is 1.91. The van der Waals surface area contributed by atoms with Crippen LogP contribution in [0.3, 0.4) is 0 Å². The number of thiazole rings is 1. The van der Waals surface area contributed by atoms with Crippen molar-refractivity contribution in [2.45, 2.75) is 6.92 Å². The molecule has 0 saturated heterocycles. The van der Waals surface area contributed by atoms with Crippen molar-refractivity contribution in [2.75, 3.05) is 5.43 Å². The van der Waals surface area contributed by atoms with Crippen molar-refractivity contribution < 1.29 is 0 Å². The first-order valence-corrected chi connectivity index (χ1v) is 6.74. The van der Waals surface area contributed by atoms with Crippen molar-refractivity contribution >= 4 is 33.6 Å². The molecule has 1 aromatic carbocycles. The van der Waals surface area contributed by atoms with Gasteiger partial charge in [0.05, 0.1) is 11.9 Å². The first-order chi connectivity index (χ1) is 9.22. The van der Waals surface area contributed by atoms with Crippen LogP contribution < -0.4 is 5.43 Å². The molecular weight excluding hydrogens is 258 g/mol. The molecule has 3 rings (SSSR count). The van der Waals surface area contributed by atoms with E-state index in [2.05, 4.69) is 20.6 Å². The average Bonchev–Trinajstić information content (AvgIpc) is 2.95. The monoisotopic (exact) mass is 271 g/mol. The lowest BCUT2D eigenvalue weighted by Gasteiger charge is -1.95. The number of nitrogens with zero attached hydrogens (tertiary/aromatic N) is 4. The normalized spacial score (nSPS) is 11.5. The van der Waals surface area contributed by atoms with Gasteiger partial charge in [-0.1, -0.05) is 18.2 Å². The van der Waals surface area contributed by atoms with E-state index < -0.39 is 0 Å². The van der Waals surface area contributed by atoms with Gasteiger partial charge in [-0.25, -0.2) is 4.98 Å². The van der Waals surface area contributed by atoms with Crippen LogP contribution in [0.5, 0.6) is 0 Å². The first-order valence-electron chi connectivity index (χ1n) is 5.86. The van der Waals surface area contributed by atoms with Crippen LogP contribution in [0.2, 0.25) is 0 Å².